The van der Waals surface area contributed by atoms with E-state index in [2.05, 4.69) is 42.7 Å². The van der Waals surface area contributed by atoms with Crippen LogP contribution in [-0.4, -0.2) is 0 Å². The van der Waals surface area contributed by atoms with Crippen LogP contribution >= 0.6 is 11.8 Å². The summed E-state index contributed by atoms with van der Waals surface area (Å²) < 4.78 is 0. The van der Waals surface area contributed by atoms with E-state index >= 15 is 0 Å². The highest BCUT2D eigenvalue weighted by molar-refractivity contribution is 8.02. The summed E-state index contributed by atoms with van der Waals surface area (Å²) in [6, 6.07) is 10.4. The highest BCUT2D eigenvalue weighted by Crippen LogP contribution is 2.17. The van der Waals surface area contributed by atoms with Gasteiger partial charge >= 0.3 is 0 Å². The SMILES string of the molecule is CCC=CSc1ccccc1. The number of rotatable bonds is 3. The Hall–Kier alpha value is -0.690. The van der Waals surface area contributed by atoms with Crippen LogP contribution in [0.4, 0.5) is 0 Å². The third-order valence-corrected chi connectivity index (χ3v) is 2.15. The van der Waals surface area contributed by atoms with Gasteiger partial charge < -0.3 is 0 Å². The van der Waals surface area contributed by atoms with E-state index < -0.39 is 0 Å². The molecule has 0 aliphatic carbocycles. The number of benzene rings is 1. The van der Waals surface area contributed by atoms with E-state index in [0.717, 1.165) is 6.42 Å². The molecule has 0 spiro atoms. The maximum Gasteiger partial charge on any atom is 0.0116 e. The molecule has 0 amide bonds. The molecule has 1 rings (SSSR count). The van der Waals surface area contributed by atoms with Gasteiger partial charge in [-0.05, 0) is 24.0 Å². The summed E-state index contributed by atoms with van der Waals surface area (Å²) in [5.74, 6) is 0. The van der Waals surface area contributed by atoms with E-state index in [1.807, 2.05) is 6.07 Å². The fourth-order valence-corrected chi connectivity index (χ4v) is 1.48. The molecule has 0 unspecified atom stereocenters. The summed E-state index contributed by atoms with van der Waals surface area (Å²) in [7, 11) is 0. The molecular weight excluding hydrogens is 152 g/mol. The van der Waals surface area contributed by atoms with Crippen LogP contribution in [0.1, 0.15) is 13.3 Å². The molecule has 0 aliphatic rings. The molecule has 0 N–H and O–H groups in total. The van der Waals surface area contributed by atoms with Gasteiger partial charge in [0.2, 0.25) is 0 Å². The summed E-state index contributed by atoms with van der Waals surface area (Å²) in [5, 5.41) is 2.13. The van der Waals surface area contributed by atoms with Crippen LogP contribution in [0.3, 0.4) is 0 Å². The first kappa shape index (κ1) is 8.41. The van der Waals surface area contributed by atoms with E-state index in [0.29, 0.717) is 0 Å². The van der Waals surface area contributed by atoms with Crippen LogP contribution in [-0.2, 0) is 0 Å². The maximum absolute atomic E-state index is 2.16. The van der Waals surface area contributed by atoms with Crippen LogP contribution in [0.2, 0.25) is 0 Å². The van der Waals surface area contributed by atoms with Crippen molar-refractivity contribution in [3.8, 4) is 0 Å². The van der Waals surface area contributed by atoms with Crippen molar-refractivity contribution in [3.63, 3.8) is 0 Å². The van der Waals surface area contributed by atoms with Gasteiger partial charge in [-0.2, -0.15) is 0 Å². The lowest BCUT2D eigenvalue weighted by molar-refractivity contribution is 1.23. The van der Waals surface area contributed by atoms with Crippen molar-refractivity contribution in [1.82, 2.24) is 0 Å². The molecule has 0 aromatic heterocycles. The zero-order valence-corrected chi connectivity index (χ0v) is 7.47. The Morgan fingerprint density at radius 3 is 2.64 bits per heavy atom. The first-order valence-corrected chi connectivity index (χ1v) is 4.68. The lowest BCUT2D eigenvalue weighted by Crippen LogP contribution is -1.63. The lowest BCUT2D eigenvalue weighted by Gasteiger charge is -1.92. The summed E-state index contributed by atoms with van der Waals surface area (Å²) >= 11 is 1.76. The van der Waals surface area contributed by atoms with Gasteiger partial charge in [0.25, 0.3) is 0 Å². The van der Waals surface area contributed by atoms with E-state index in [1.165, 1.54) is 4.90 Å². The van der Waals surface area contributed by atoms with Crippen molar-refractivity contribution < 1.29 is 0 Å². The highest BCUT2D eigenvalue weighted by atomic mass is 32.2. The van der Waals surface area contributed by atoms with E-state index in [1.54, 1.807) is 11.8 Å². The lowest BCUT2D eigenvalue weighted by atomic mass is 10.4. The minimum atomic E-state index is 1.11. The largest absolute Gasteiger partial charge is 0.0984 e. The second-order valence-electron chi connectivity index (χ2n) is 2.21. The fraction of sp³-hybridized carbons (Fsp3) is 0.200. The number of thioether (sulfide) groups is 1. The molecule has 0 nitrogen and oxygen atoms in total. The Morgan fingerprint density at radius 2 is 2.00 bits per heavy atom. The standard InChI is InChI=1S/C10H12S/c1-2-3-9-11-10-7-5-4-6-8-10/h3-9H,2H2,1H3. The van der Waals surface area contributed by atoms with Crippen molar-refractivity contribution >= 4 is 11.8 Å². The number of hydrogen-bond acceptors (Lipinski definition) is 1. The third-order valence-electron chi connectivity index (χ3n) is 1.28. The van der Waals surface area contributed by atoms with Crippen molar-refractivity contribution in [1.29, 1.82) is 0 Å². The highest BCUT2D eigenvalue weighted by Gasteiger charge is 1.84. The molecule has 1 aromatic rings. The molecule has 0 fully saturated rings. The van der Waals surface area contributed by atoms with Gasteiger partial charge in [-0.15, -0.1) is 0 Å². The summed E-state index contributed by atoms with van der Waals surface area (Å²) in [6.07, 6.45) is 3.28. The molecule has 58 valence electrons. The van der Waals surface area contributed by atoms with E-state index in [9.17, 15) is 0 Å². The first-order valence-electron chi connectivity index (χ1n) is 3.80. The molecule has 0 heterocycles. The van der Waals surface area contributed by atoms with Crippen LogP contribution < -0.4 is 0 Å². The van der Waals surface area contributed by atoms with E-state index in [4.69, 9.17) is 0 Å². The van der Waals surface area contributed by atoms with Crippen LogP contribution in [0.25, 0.3) is 0 Å². The minimum Gasteiger partial charge on any atom is -0.0984 e. The summed E-state index contributed by atoms with van der Waals surface area (Å²) in [6.45, 7) is 2.14. The average Bonchev–Trinajstić information content (AvgIpc) is 2.07. The molecule has 0 aliphatic heterocycles. The van der Waals surface area contributed by atoms with Gasteiger partial charge in [0.05, 0.1) is 0 Å². The molecule has 1 aromatic carbocycles. The molecule has 0 bridgehead atoms. The number of allylic oxidation sites excluding steroid dienone is 1. The Balaban J connectivity index is 2.45. The Labute approximate surface area is 72.3 Å². The zero-order chi connectivity index (χ0) is 7.94. The molecule has 0 saturated carbocycles. The van der Waals surface area contributed by atoms with Crippen molar-refractivity contribution in [2.24, 2.45) is 0 Å². The first-order chi connectivity index (χ1) is 5.43. The number of hydrogen-bond donors (Lipinski definition) is 0. The van der Waals surface area contributed by atoms with Crippen molar-refractivity contribution in [3.05, 3.63) is 41.8 Å². The smallest absolute Gasteiger partial charge is 0.0116 e. The van der Waals surface area contributed by atoms with Crippen molar-refractivity contribution in [2.75, 3.05) is 0 Å². The predicted molar refractivity (Wildman–Crippen MR) is 51.7 cm³/mol. The van der Waals surface area contributed by atoms with Crippen LogP contribution in [0.15, 0.2) is 46.7 Å². The average molecular weight is 164 g/mol. The third kappa shape index (κ3) is 3.28. The minimum absolute atomic E-state index is 1.11. The molecule has 0 saturated heterocycles. The Bertz CT molecular complexity index is 214. The molecule has 11 heavy (non-hydrogen) atoms. The van der Waals surface area contributed by atoms with Crippen LogP contribution in [0.5, 0.6) is 0 Å². The van der Waals surface area contributed by atoms with E-state index in [-0.39, 0.29) is 0 Å². The second kappa shape index (κ2) is 5.03. The summed E-state index contributed by atoms with van der Waals surface area (Å²) in [4.78, 5) is 1.30. The molecule has 0 radical (unpaired) electrons. The topological polar surface area (TPSA) is 0 Å². The quantitative estimate of drug-likeness (QED) is 0.614. The predicted octanol–water partition coefficient (Wildman–Crippen LogP) is 3.70. The van der Waals surface area contributed by atoms with Gasteiger partial charge in [0, 0.05) is 4.90 Å². The van der Waals surface area contributed by atoms with Crippen molar-refractivity contribution in [2.45, 2.75) is 18.2 Å². The van der Waals surface area contributed by atoms with Gasteiger partial charge in [0.1, 0.15) is 0 Å². The van der Waals surface area contributed by atoms with Gasteiger partial charge in [-0.3, -0.25) is 0 Å². The Morgan fingerprint density at radius 1 is 1.27 bits per heavy atom. The zero-order valence-electron chi connectivity index (χ0n) is 6.66. The normalized spacial score (nSPS) is 10.6. The molecular formula is C10H12S. The second-order valence-corrected chi connectivity index (χ2v) is 3.19. The van der Waals surface area contributed by atoms with Gasteiger partial charge in [-0.1, -0.05) is 43.0 Å². The van der Waals surface area contributed by atoms with Gasteiger partial charge in [0.15, 0.2) is 0 Å². The molecule has 0 atom stereocenters. The Kier molecular flexibility index (Phi) is 3.84. The maximum atomic E-state index is 2.16. The fourth-order valence-electron chi connectivity index (χ4n) is 0.722. The van der Waals surface area contributed by atoms with Gasteiger partial charge in [-0.25, -0.2) is 0 Å². The van der Waals surface area contributed by atoms with Crippen LogP contribution in [0, 0.1) is 0 Å². The summed E-state index contributed by atoms with van der Waals surface area (Å²) in [5.41, 5.74) is 0. The molecule has 1 heteroatoms. The monoisotopic (exact) mass is 164 g/mol.